The Morgan fingerprint density at radius 3 is 2.70 bits per heavy atom. The van der Waals surface area contributed by atoms with Crippen molar-refractivity contribution in [1.29, 1.82) is 0 Å². The van der Waals surface area contributed by atoms with Crippen molar-refractivity contribution in [3.8, 4) is 5.75 Å². The molecular formula is C12H8BrNO6. The van der Waals surface area contributed by atoms with Gasteiger partial charge in [0.15, 0.2) is 4.67 Å². The van der Waals surface area contributed by atoms with Gasteiger partial charge in [-0.3, -0.25) is 10.1 Å². The van der Waals surface area contributed by atoms with Crippen molar-refractivity contribution in [2.24, 2.45) is 0 Å². The second kappa shape index (κ2) is 5.74. The molecule has 1 aromatic carbocycles. The minimum absolute atomic E-state index is 0.0858. The Morgan fingerprint density at radius 1 is 1.40 bits per heavy atom. The Balaban J connectivity index is 2.18. The van der Waals surface area contributed by atoms with E-state index >= 15 is 0 Å². The lowest BCUT2D eigenvalue weighted by molar-refractivity contribution is -0.385. The van der Waals surface area contributed by atoms with Crippen molar-refractivity contribution in [3.63, 3.8) is 0 Å². The molecule has 0 radical (unpaired) electrons. The van der Waals surface area contributed by atoms with Crippen molar-refractivity contribution in [2.75, 3.05) is 0 Å². The largest absolute Gasteiger partial charge is 0.486 e. The first-order valence-electron chi connectivity index (χ1n) is 5.36. The molecule has 7 nitrogen and oxygen atoms in total. The van der Waals surface area contributed by atoms with E-state index < -0.39 is 22.1 Å². The molecule has 0 atom stereocenters. The molecular weight excluding hydrogens is 334 g/mol. The van der Waals surface area contributed by atoms with Gasteiger partial charge in [-0.2, -0.15) is 0 Å². The van der Waals surface area contributed by atoms with Gasteiger partial charge in [-0.05, 0) is 34.1 Å². The summed E-state index contributed by atoms with van der Waals surface area (Å²) in [7, 11) is 0. The van der Waals surface area contributed by atoms with Crippen LogP contribution in [0.15, 0.2) is 39.4 Å². The molecule has 0 aliphatic rings. The second-order valence-electron chi connectivity index (χ2n) is 3.74. The summed E-state index contributed by atoms with van der Waals surface area (Å²) in [6.45, 7) is 0.0858. The fourth-order valence-corrected chi connectivity index (χ4v) is 1.86. The highest BCUT2D eigenvalue weighted by molar-refractivity contribution is 9.10. The van der Waals surface area contributed by atoms with Gasteiger partial charge in [-0.15, -0.1) is 0 Å². The van der Waals surface area contributed by atoms with E-state index in [4.69, 9.17) is 14.3 Å². The predicted molar refractivity (Wildman–Crippen MR) is 70.8 cm³/mol. The number of hydrogen-bond donors (Lipinski definition) is 1. The number of halogens is 1. The number of nitrogens with zero attached hydrogens (tertiary/aromatic N) is 1. The van der Waals surface area contributed by atoms with Gasteiger partial charge in [-0.25, -0.2) is 4.79 Å². The fraction of sp³-hybridized carbons (Fsp3) is 0.0833. The van der Waals surface area contributed by atoms with E-state index in [0.29, 0.717) is 10.4 Å². The molecule has 2 rings (SSSR count). The Hall–Kier alpha value is -2.35. The summed E-state index contributed by atoms with van der Waals surface area (Å²) in [5.41, 5.74) is -0.904. The molecule has 0 spiro atoms. The summed E-state index contributed by atoms with van der Waals surface area (Å²) in [4.78, 5) is 20.9. The molecule has 2 aromatic rings. The molecule has 0 unspecified atom stereocenters. The molecule has 0 aliphatic carbocycles. The number of nitro benzene ring substituents is 1. The lowest BCUT2D eigenvalue weighted by Crippen LogP contribution is -2.03. The molecule has 0 aliphatic heterocycles. The van der Waals surface area contributed by atoms with Gasteiger partial charge in [0.1, 0.15) is 23.7 Å². The number of carboxylic acids is 1. The average Bonchev–Trinajstić information content (AvgIpc) is 2.81. The normalized spacial score (nSPS) is 10.2. The smallest absolute Gasteiger partial charge is 0.342 e. The fourth-order valence-electron chi connectivity index (χ4n) is 1.52. The van der Waals surface area contributed by atoms with E-state index in [0.717, 1.165) is 12.1 Å². The van der Waals surface area contributed by atoms with Crippen molar-refractivity contribution in [3.05, 3.63) is 56.4 Å². The third kappa shape index (κ3) is 3.15. The zero-order chi connectivity index (χ0) is 14.7. The van der Waals surface area contributed by atoms with E-state index in [9.17, 15) is 14.9 Å². The maximum atomic E-state index is 11.0. The summed E-state index contributed by atoms with van der Waals surface area (Å²) in [6, 6.07) is 6.92. The number of carboxylic acid groups (broad SMARTS) is 1. The third-order valence-corrected chi connectivity index (χ3v) is 2.83. The van der Waals surface area contributed by atoms with Gasteiger partial charge < -0.3 is 14.3 Å². The zero-order valence-electron chi connectivity index (χ0n) is 9.91. The van der Waals surface area contributed by atoms with Crippen LogP contribution in [0.1, 0.15) is 16.1 Å². The van der Waals surface area contributed by atoms with Crippen LogP contribution in [0.2, 0.25) is 0 Å². The van der Waals surface area contributed by atoms with E-state index in [2.05, 4.69) is 15.9 Å². The first-order chi connectivity index (χ1) is 9.47. The van der Waals surface area contributed by atoms with Crippen LogP contribution < -0.4 is 4.74 Å². The Bertz CT molecular complexity index is 666. The van der Waals surface area contributed by atoms with Gasteiger partial charge in [0.25, 0.3) is 5.69 Å². The molecule has 0 amide bonds. The highest BCUT2D eigenvalue weighted by Gasteiger charge is 2.20. The van der Waals surface area contributed by atoms with Gasteiger partial charge >= 0.3 is 5.97 Å². The summed E-state index contributed by atoms with van der Waals surface area (Å²) < 4.78 is 11.1. The molecule has 1 heterocycles. The number of carbonyl (C=O) groups is 1. The van der Waals surface area contributed by atoms with Crippen LogP contribution in [0.25, 0.3) is 0 Å². The second-order valence-corrected chi connectivity index (χ2v) is 4.52. The van der Waals surface area contributed by atoms with Crippen LogP contribution in [-0.4, -0.2) is 16.0 Å². The maximum Gasteiger partial charge on any atom is 0.342 e. The van der Waals surface area contributed by atoms with Gasteiger partial charge in [0.2, 0.25) is 0 Å². The molecule has 0 fully saturated rings. The lowest BCUT2D eigenvalue weighted by Gasteiger charge is -2.05. The lowest BCUT2D eigenvalue weighted by atomic mass is 10.1. The summed E-state index contributed by atoms with van der Waals surface area (Å²) >= 11 is 3.14. The topological polar surface area (TPSA) is 103 Å². The number of rotatable bonds is 5. The van der Waals surface area contributed by atoms with E-state index in [1.165, 1.54) is 6.07 Å². The number of furan rings is 1. The predicted octanol–water partition coefficient (Wildman–Crippen LogP) is 3.23. The Labute approximate surface area is 121 Å². The molecule has 1 aromatic heterocycles. The van der Waals surface area contributed by atoms with Gasteiger partial charge in [0.05, 0.1) is 4.92 Å². The van der Waals surface area contributed by atoms with Crippen molar-refractivity contribution in [1.82, 2.24) is 0 Å². The van der Waals surface area contributed by atoms with E-state index in [1.807, 2.05) is 0 Å². The number of hydrogen-bond acceptors (Lipinski definition) is 5. The summed E-state index contributed by atoms with van der Waals surface area (Å²) in [5.74, 6) is -0.643. The SMILES string of the molecule is O=C(O)c1cc(OCc2ccc(Br)o2)ccc1[N+](=O)[O-]. The summed E-state index contributed by atoms with van der Waals surface area (Å²) in [5, 5.41) is 19.6. The van der Waals surface area contributed by atoms with Gasteiger partial charge in [-0.1, -0.05) is 0 Å². The average molecular weight is 342 g/mol. The van der Waals surface area contributed by atoms with Crippen LogP contribution in [0.4, 0.5) is 5.69 Å². The Kier molecular flexibility index (Phi) is 4.04. The molecule has 20 heavy (non-hydrogen) atoms. The Morgan fingerprint density at radius 2 is 2.15 bits per heavy atom. The highest BCUT2D eigenvalue weighted by Crippen LogP contribution is 2.25. The first kappa shape index (κ1) is 14.1. The zero-order valence-corrected chi connectivity index (χ0v) is 11.5. The van der Waals surface area contributed by atoms with Crippen LogP contribution in [0.3, 0.4) is 0 Å². The molecule has 1 N–H and O–H groups in total. The minimum Gasteiger partial charge on any atom is -0.486 e. The van der Waals surface area contributed by atoms with Gasteiger partial charge in [0, 0.05) is 12.1 Å². The van der Waals surface area contributed by atoms with Crippen LogP contribution in [0, 0.1) is 10.1 Å². The van der Waals surface area contributed by atoms with Crippen LogP contribution in [-0.2, 0) is 6.61 Å². The van der Waals surface area contributed by atoms with E-state index in [1.54, 1.807) is 12.1 Å². The number of nitro groups is 1. The number of benzene rings is 1. The number of ether oxygens (including phenoxy) is 1. The van der Waals surface area contributed by atoms with Crippen molar-refractivity contribution >= 4 is 27.6 Å². The third-order valence-electron chi connectivity index (χ3n) is 2.41. The monoisotopic (exact) mass is 341 g/mol. The summed E-state index contributed by atoms with van der Waals surface area (Å²) in [6.07, 6.45) is 0. The quantitative estimate of drug-likeness (QED) is 0.661. The standard InChI is InChI=1S/C12H8BrNO6/c13-11-4-2-8(20-11)6-19-7-1-3-10(14(17)18)9(5-7)12(15)16/h1-5H,6H2,(H,15,16). The molecule has 8 heteroatoms. The highest BCUT2D eigenvalue weighted by atomic mass is 79.9. The first-order valence-corrected chi connectivity index (χ1v) is 6.15. The minimum atomic E-state index is -1.39. The molecule has 0 saturated heterocycles. The van der Waals surface area contributed by atoms with Crippen LogP contribution >= 0.6 is 15.9 Å². The van der Waals surface area contributed by atoms with Crippen LogP contribution in [0.5, 0.6) is 5.75 Å². The van der Waals surface area contributed by atoms with E-state index in [-0.39, 0.29) is 12.4 Å². The molecule has 0 saturated carbocycles. The molecule has 0 bridgehead atoms. The maximum absolute atomic E-state index is 11.0. The molecule has 104 valence electrons. The number of aromatic carboxylic acids is 1. The van der Waals surface area contributed by atoms with Crippen molar-refractivity contribution in [2.45, 2.75) is 6.61 Å². The van der Waals surface area contributed by atoms with Crippen molar-refractivity contribution < 1.29 is 24.0 Å².